The Kier molecular flexibility index (Phi) is 7.41. The zero-order valence-corrected chi connectivity index (χ0v) is 17.9. The first kappa shape index (κ1) is 21.8. The van der Waals surface area contributed by atoms with Crippen LogP contribution in [0, 0.1) is 6.92 Å². The van der Waals surface area contributed by atoms with Crippen molar-refractivity contribution in [1.82, 2.24) is 4.90 Å². The summed E-state index contributed by atoms with van der Waals surface area (Å²) in [7, 11) is 0. The van der Waals surface area contributed by atoms with Crippen molar-refractivity contribution in [3.63, 3.8) is 0 Å². The highest BCUT2D eigenvalue weighted by atomic mass is 16.5. The Balaban J connectivity index is 1.90. The Hall–Kier alpha value is -2.92. The molecule has 158 valence electrons. The zero-order chi connectivity index (χ0) is 21.5. The molecule has 0 saturated heterocycles. The second-order valence-corrected chi connectivity index (χ2v) is 7.41. The predicted molar refractivity (Wildman–Crippen MR) is 120 cm³/mol. The van der Waals surface area contributed by atoms with Gasteiger partial charge in [-0.15, -0.1) is 0 Å². The molecule has 0 fully saturated rings. The van der Waals surface area contributed by atoms with Gasteiger partial charge in [0.15, 0.2) is 11.0 Å². The quantitative estimate of drug-likeness (QED) is 0.465. The number of carbonyl (C=O) groups is 1. The number of ether oxygens (including phenoxy) is 1. The molecule has 0 radical (unpaired) electrons. The lowest BCUT2D eigenvalue weighted by atomic mass is 10.0. The summed E-state index contributed by atoms with van der Waals surface area (Å²) < 4.78 is 11.6. The van der Waals surface area contributed by atoms with E-state index in [9.17, 15) is 9.59 Å². The van der Waals surface area contributed by atoms with Crippen molar-refractivity contribution in [3.8, 4) is 11.3 Å². The lowest BCUT2D eigenvalue weighted by Crippen LogP contribution is -2.30. The number of carbonyl (C=O) groups excluding carboxylic acids is 1. The average Bonchev–Trinajstić information content (AvgIpc) is 2.76. The van der Waals surface area contributed by atoms with Crippen LogP contribution in [0.15, 0.2) is 57.7 Å². The number of para-hydroxylation sites is 1. The smallest absolute Gasteiger partial charge is 0.342 e. The summed E-state index contributed by atoms with van der Waals surface area (Å²) in [5.74, 6) is 0.00461. The third-order valence-electron chi connectivity index (χ3n) is 5.12. The molecule has 0 aliphatic heterocycles. The molecule has 0 spiro atoms. The van der Waals surface area contributed by atoms with Gasteiger partial charge in [-0.1, -0.05) is 50.2 Å². The van der Waals surface area contributed by atoms with Gasteiger partial charge in [0.1, 0.15) is 17.9 Å². The van der Waals surface area contributed by atoms with Crippen molar-refractivity contribution in [3.05, 3.63) is 69.9 Å². The van der Waals surface area contributed by atoms with E-state index < -0.39 is 5.97 Å². The van der Waals surface area contributed by atoms with Crippen LogP contribution < -0.4 is 5.43 Å². The molecule has 2 aromatic carbocycles. The average molecular weight is 408 g/mol. The van der Waals surface area contributed by atoms with E-state index >= 15 is 0 Å². The van der Waals surface area contributed by atoms with Crippen molar-refractivity contribution in [2.45, 2.75) is 33.6 Å². The van der Waals surface area contributed by atoms with Crippen LogP contribution in [0.25, 0.3) is 22.3 Å². The molecular weight excluding hydrogens is 378 g/mol. The van der Waals surface area contributed by atoms with Gasteiger partial charge in [0.2, 0.25) is 0 Å². The summed E-state index contributed by atoms with van der Waals surface area (Å²) in [5, 5.41) is 0.389. The van der Waals surface area contributed by atoms with E-state index in [2.05, 4.69) is 18.7 Å². The van der Waals surface area contributed by atoms with Crippen molar-refractivity contribution in [1.29, 1.82) is 0 Å². The van der Waals surface area contributed by atoms with Gasteiger partial charge in [-0.05, 0) is 45.0 Å². The fourth-order valence-electron chi connectivity index (χ4n) is 3.65. The summed E-state index contributed by atoms with van der Waals surface area (Å²) in [5.41, 5.74) is 1.73. The van der Waals surface area contributed by atoms with Gasteiger partial charge >= 0.3 is 5.97 Å². The molecule has 0 bridgehead atoms. The minimum absolute atomic E-state index is 0.137. The Morgan fingerprint density at radius 1 is 0.967 bits per heavy atom. The molecule has 0 N–H and O–H groups in total. The van der Waals surface area contributed by atoms with Crippen LogP contribution in [0.2, 0.25) is 0 Å². The minimum atomic E-state index is -0.473. The van der Waals surface area contributed by atoms with Crippen molar-refractivity contribution in [2.75, 3.05) is 26.2 Å². The van der Waals surface area contributed by atoms with Crippen LogP contribution in [0.3, 0.4) is 0 Å². The first-order valence-electron chi connectivity index (χ1n) is 10.6. The van der Waals surface area contributed by atoms with Crippen molar-refractivity contribution >= 4 is 16.9 Å². The Bertz CT molecular complexity index is 1050. The molecule has 30 heavy (non-hydrogen) atoms. The van der Waals surface area contributed by atoms with E-state index in [1.54, 1.807) is 25.1 Å². The Morgan fingerprint density at radius 2 is 1.67 bits per heavy atom. The normalized spacial score (nSPS) is 11.2. The summed E-state index contributed by atoms with van der Waals surface area (Å²) in [6.45, 7) is 8.97. The summed E-state index contributed by atoms with van der Waals surface area (Å²) >= 11 is 0. The van der Waals surface area contributed by atoms with Gasteiger partial charge in [0, 0.05) is 17.7 Å². The maximum absolute atomic E-state index is 12.9. The Labute approximate surface area is 177 Å². The van der Waals surface area contributed by atoms with E-state index in [-0.39, 0.29) is 16.6 Å². The molecule has 0 aliphatic rings. The first-order chi connectivity index (χ1) is 14.6. The highest BCUT2D eigenvalue weighted by Crippen LogP contribution is 2.27. The second kappa shape index (κ2) is 10.2. The van der Waals surface area contributed by atoms with Crippen LogP contribution >= 0.6 is 0 Å². The van der Waals surface area contributed by atoms with E-state index in [0.717, 1.165) is 31.5 Å². The predicted octanol–water partition coefficient (Wildman–Crippen LogP) is 5.05. The number of hydrogen-bond donors (Lipinski definition) is 0. The lowest BCUT2D eigenvalue weighted by Gasteiger charge is -2.20. The third-order valence-corrected chi connectivity index (χ3v) is 5.12. The van der Waals surface area contributed by atoms with Crippen molar-refractivity contribution < 1.29 is 13.9 Å². The summed E-state index contributed by atoms with van der Waals surface area (Å²) in [6.07, 6.45) is 2.12. The maximum atomic E-state index is 12.9. The summed E-state index contributed by atoms with van der Waals surface area (Å²) in [6, 6.07) is 14.5. The number of esters is 1. The molecule has 1 heterocycles. The molecular formula is C25H29NO4. The minimum Gasteiger partial charge on any atom is -0.461 e. The monoisotopic (exact) mass is 407 g/mol. The SMILES string of the molecule is CCCN(CCC)CCOC(=O)c1cccc2c(=O)c(C)c(-c3ccccc3)oc12. The van der Waals surface area contributed by atoms with E-state index in [4.69, 9.17) is 9.15 Å². The van der Waals surface area contributed by atoms with Gasteiger partial charge in [-0.25, -0.2) is 4.79 Å². The molecule has 0 unspecified atom stereocenters. The first-order valence-corrected chi connectivity index (χ1v) is 10.6. The molecule has 0 saturated carbocycles. The van der Waals surface area contributed by atoms with Crippen LogP contribution in [0.5, 0.6) is 0 Å². The number of hydrogen-bond acceptors (Lipinski definition) is 5. The van der Waals surface area contributed by atoms with Gasteiger partial charge in [0.25, 0.3) is 0 Å². The van der Waals surface area contributed by atoms with Gasteiger partial charge in [-0.3, -0.25) is 9.69 Å². The molecule has 0 amide bonds. The van der Waals surface area contributed by atoms with Crippen LogP contribution in [0.4, 0.5) is 0 Å². The van der Waals surface area contributed by atoms with Crippen molar-refractivity contribution in [2.24, 2.45) is 0 Å². The van der Waals surface area contributed by atoms with Gasteiger partial charge in [0.05, 0.1) is 5.39 Å². The molecule has 1 aromatic heterocycles. The molecule has 0 atom stereocenters. The van der Waals surface area contributed by atoms with Crippen LogP contribution in [-0.2, 0) is 4.74 Å². The van der Waals surface area contributed by atoms with Crippen LogP contribution in [0.1, 0.15) is 42.6 Å². The molecule has 5 nitrogen and oxygen atoms in total. The molecule has 0 aliphatic carbocycles. The molecule has 5 heteroatoms. The van der Waals surface area contributed by atoms with E-state index in [1.807, 2.05) is 30.3 Å². The fraction of sp³-hybridized carbons (Fsp3) is 0.360. The fourth-order valence-corrected chi connectivity index (χ4v) is 3.65. The van der Waals surface area contributed by atoms with Gasteiger partial charge < -0.3 is 9.15 Å². The number of rotatable bonds is 9. The number of nitrogens with zero attached hydrogens (tertiary/aromatic N) is 1. The number of fused-ring (bicyclic) bond motifs is 1. The van der Waals surface area contributed by atoms with E-state index in [0.29, 0.717) is 29.9 Å². The number of benzene rings is 2. The standard InChI is InChI=1S/C25H29NO4/c1-4-14-26(15-5-2)16-17-29-25(28)21-13-9-12-20-22(27)18(3)23(30-24(20)21)19-10-7-6-8-11-19/h6-13H,4-5,14-17H2,1-3H3. The second-order valence-electron chi connectivity index (χ2n) is 7.41. The third kappa shape index (κ3) is 4.79. The highest BCUT2D eigenvalue weighted by Gasteiger charge is 2.19. The van der Waals surface area contributed by atoms with E-state index in [1.165, 1.54) is 0 Å². The zero-order valence-electron chi connectivity index (χ0n) is 17.9. The topological polar surface area (TPSA) is 59.8 Å². The highest BCUT2D eigenvalue weighted by molar-refractivity contribution is 6.02. The molecule has 3 aromatic rings. The van der Waals surface area contributed by atoms with Gasteiger partial charge in [-0.2, -0.15) is 0 Å². The maximum Gasteiger partial charge on any atom is 0.342 e. The Morgan fingerprint density at radius 3 is 2.33 bits per heavy atom. The molecule has 3 rings (SSSR count). The summed E-state index contributed by atoms with van der Waals surface area (Å²) in [4.78, 5) is 28.0. The largest absolute Gasteiger partial charge is 0.461 e. The lowest BCUT2D eigenvalue weighted by molar-refractivity contribution is 0.0463. The van der Waals surface area contributed by atoms with Crippen LogP contribution in [-0.4, -0.2) is 37.1 Å².